The van der Waals surface area contributed by atoms with Crippen LogP contribution in [0.3, 0.4) is 0 Å². The summed E-state index contributed by atoms with van der Waals surface area (Å²) >= 11 is 0. The monoisotopic (exact) mass is 545 g/mol. The summed E-state index contributed by atoms with van der Waals surface area (Å²) in [5, 5.41) is 0. The van der Waals surface area contributed by atoms with Gasteiger partial charge in [0.15, 0.2) is 0 Å². The van der Waals surface area contributed by atoms with Crippen LogP contribution in [0.2, 0.25) is 0 Å². The van der Waals surface area contributed by atoms with E-state index in [0.717, 1.165) is 63.8 Å². The van der Waals surface area contributed by atoms with Crippen LogP contribution in [0.1, 0.15) is 64.4 Å². The zero-order valence-corrected chi connectivity index (χ0v) is 23.9. The SMILES string of the molecule is CN1CCN([C@@H]2CCC[C@H](N(Cc3ccccc3)C(=O)OS(=O)(=O)C[C@]34CC[C@H](CC3=O)C4(C)C)C2)CC1. The molecular formula is C29H43N3O5S. The van der Waals surface area contributed by atoms with Crippen molar-refractivity contribution in [3.05, 3.63) is 35.9 Å². The minimum Gasteiger partial charge on any atom is -0.328 e. The van der Waals surface area contributed by atoms with E-state index in [0.29, 0.717) is 25.4 Å². The van der Waals surface area contributed by atoms with Crippen LogP contribution in [0, 0.1) is 16.7 Å². The van der Waals surface area contributed by atoms with Gasteiger partial charge >= 0.3 is 16.2 Å². The van der Waals surface area contributed by atoms with Gasteiger partial charge in [-0.2, -0.15) is 8.42 Å². The van der Waals surface area contributed by atoms with Gasteiger partial charge in [-0.1, -0.05) is 44.2 Å². The number of rotatable bonds is 7. The summed E-state index contributed by atoms with van der Waals surface area (Å²) in [4.78, 5) is 33.1. The fourth-order valence-electron chi connectivity index (χ4n) is 7.66. The number of piperazine rings is 1. The number of carbonyl (C=O) groups excluding carboxylic acids is 2. The molecule has 0 unspecified atom stereocenters. The molecule has 9 heteroatoms. The summed E-state index contributed by atoms with van der Waals surface area (Å²) in [6, 6.07) is 9.95. The Morgan fingerprint density at radius 1 is 1.08 bits per heavy atom. The number of nitrogens with zero attached hydrogens (tertiary/aromatic N) is 3. The molecule has 0 spiro atoms. The van der Waals surface area contributed by atoms with Gasteiger partial charge in [0.2, 0.25) is 0 Å². The molecule has 1 aromatic rings. The molecule has 4 atom stereocenters. The fraction of sp³-hybridized carbons (Fsp3) is 0.724. The van der Waals surface area contributed by atoms with Crippen LogP contribution >= 0.6 is 0 Å². The second-order valence-corrected chi connectivity index (χ2v) is 14.2. The lowest BCUT2D eigenvalue weighted by Gasteiger charge is -2.43. The number of amides is 1. The molecule has 3 aliphatic carbocycles. The van der Waals surface area contributed by atoms with E-state index in [1.54, 1.807) is 4.90 Å². The highest BCUT2D eigenvalue weighted by molar-refractivity contribution is 7.87. The molecule has 2 bridgehead atoms. The van der Waals surface area contributed by atoms with E-state index in [9.17, 15) is 18.0 Å². The topological polar surface area (TPSA) is 87.2 Å². The number of hydrogen-bond acceptors (Lipinski definition) is 7. The molecule has 8 nitrogen and oxygen atoms in total. The molecule has 1 amide bonds. The van der Waals surface area contributed by atoms with Crippen LogP contribution in [0.5, 0.6) is 0 Å². The standard InChI is InChI=1S/C29H43N3O5S/c1-28(2)23-12-13-29(28,26(33)18-23)21-38(35,36)37-27(34)32(20-22-8-5-4-6-9-22)25-11-7-10-24(19-25)31-16-14-30(3)15-17-31/h4-6,8-9,23-25H,7,10-21H2,1-3H3/t23-,24-,25+,29-/m1/s1. The first kappa shape index (κ1) is 27.6. The van der Waals surface area contributed by atoms with Gasteiger partial charge in [-0.25, -0.2) is 4.79 Å². The number of benzene rings is 1. The Morgan fingerprint density at radius 2 is 1.79 bits per heavy atom. The smallest absolute Gasteiger partial charge is 0.328 e. The zero-order chi connectivity index (χ0) is 27.1. The fourth-order valence-corrected chi connectivity index (χ4v) is 9.31. The van der Waals surface area contributed by atoms with E-state index in [-0.39, 0.29) is 17.7 Å². The highest BCUT2D eigenvalue weighted by Gasteiger charge is 2.65. The molecule has 5 rings (SSSR count). The minimum atomic E-state index is -4.26. The van der Waals surface area contributed by atoms with Crippen molar-refractivity contribution in [3.63, 3.8) is 0 Å². The third-order valence-corrected chi connectivity index (χ3v) is 11.5. The maximum atomic E-state index is 13.6. The van der Waals surface area contributed by atoms with E-state index >= 15 is 0 Å². The van der Waals surface area contributed by atoms with Crippen LogP contribution in [0.25, 0.3) is 0 Å². The van der Waals surface area contributed by atoms with Crippen LogP contribution in [-0.4, -0.2) is 86.1 Å². The second kappa shape index (κ2) is 10.5. The number of likely N-dealkylation sites (N-methyl/N-ethyl adjacent to an activating group) is 1. The quantitative estimate of drug-likeness (QED) is 0.480. The molecule has 1 aromatic carbocycles. The Balaban J connectivity index is 1.33. The minimum absolute atomic E-state index is 0.00168. The lowest BCUT2D eigenvalue weighted by Crippen LogP contribution is -2.53. The van der Waals surface area contributed by atoms with Crippen molar-refractivity contribution in [2.24, 2.45) is 16.7 Å². The molecule has 0 aromatic heterocycles. The van der Waals surface area contributed by atoms with Gasteiger partial charge in [0.25, 0.3) is 0 Å². The van der Waals surface area contributed by atoms with Crippen LogP contribution < -0.4 is 0 Å². The summed E-state index contributed by atoms with van der Waals surface area (Å²) in [5.74, 6) is -0.215. The predicted octanol–water partition coefficient (Wildman–Crippen LogP) is 3.91. The number of ketones is 1. The van der Waals surface area contributed by atoms with E-state index in [1.807, 2.05) is 44.2 Å². The van der Waals surface area contributed by atoms with Crippen molar-refractivity contribution < 1.29 is 22.2 Å². The second-order valence-electron chi connectivity index (χ2n) is 12.6. The number of hydrogen-bond donors (Lipinski definition) is 0. The Kier molecular flexibility index (Phi) is 7.66. The summed E-state index contributed by atoms with van der Waals surface area (Å²) in [7, 11) is -2.11. The first-order chi connectivity index (χ1) is 18.0. The Bertz CT molecular complexity index is 1130. The van der Waals surface area contributed by atoms with Gasteiger partial charge in [-0.3, -0.25) is 14.6 Å². The van der Waals surface area contributed by atoms with Crippen molar-refractivity contribution in [2.45, 2.75) is 77.4 Å². The van der Waals surface area contributed by atoms with Crippen LogP contribution in [-0.2, 0) is 25.6 Å². The predicted molar refractivity (Wildman–Crippen MR) is 146 cm³/mol. The van der Waals surface area contributed by atoms with E-state index in [1.165, 1.54) is 0 Å². The Hall–Kier alpha value is -1.97. The number of carbonyl (C=O) groups is 2. The molecule has 210 valence electrons. The summed E-state index contributed by atoms with van der Waals surface area (Å²) in [5.41, 5.74) is -0.432. The number of fused-ring (bicyclic) bond motifs is 2. The maximum absolute atomic E-state index is 13.6. The largest absolute Gasteiger partial charge is 0.426 e. The molecule has 38 heavy (non-hydrogen) atoms. The third-order valence-electron chi connectivity index (χ3n) is 10.3. The van der Waals surface area contributed by atoms with Gasteiger partial charge in [-0.15, -0.1) is 0 Å². The summed E-state index contributed by atoms with van der Waals surface area (Å²) < 4.78 is 32.1. The average Bonchev–Trinajstić information content (AvgIpc) is 3.22. The number of Topliss-reactive ketones (excluding diaryl/α,β-unsaturated/α-hetero) is 1. The van der Waals surface area contributed by atoms with Crippen molar-refractivity contribution in [3.8, 4) is 0 Å². The molecule has 1 heterocycles. The van der Waals surface area contributed by atoms with Crippen LogP contribution in [0.4, 0.5) is 4.79 Å². The summed E-state index contributed by atoms with van der Waals surface area (Å²) in [6.07, 6.45) is 4.71. The lowest BCUT2D eigenvalue weighted by molar-refractivity contribution is -0.128. The van der Waals surface area contributed by atoms with Crippen molar-refractivity contribution >= 4 is 22.0 Å². The lowest BCUT2D eigenvalue weighted by atomic mass is 9.70. The van der Waals surface area contributed by atoms with E-state index in [4.69, 9.17) is 4.18 Å². The molecular weight excluding hydrogens is 502 g/mol. The third kappa shape index (κ3) is 5.26. The molecule has 0 radical (unpaired) electrons. The molecule has 1 saturated heterocycles. The highest BCUT2D eigenvalue weighted by Crippen LogP contribution is 2.64. The maximum Gasteiger partial charge on any atom is 0.426 e. The van der Waals surface area contributed by atoms with Gasteiger partial charge in [0, 0.05) is 51.2 Å². The molecule has 4 fully saturated rings. The summed E-state index contributed by atoms with van der Waals surface area (Å²) in [6.45, 7) is 8.38. The van der Waals surface area contributed by atoms with Gasteiger partial charge in [-0.05, 0) is 62.5 Å². The first-order valence-electron chi connectivity index (χ1n) is 14.2. The first-order valence-corrected chi connectivity index (χ1v) is 15.8. The van der Waals surface area contributed by atoms with Crippen molar-refractivity contribution in [2.75, 3.05) is 39.0 Å². The molecule has 1 aliphatic heterocycles. The Labute approximate surface area is 227 Å². The Morgan fingerprint density at radius 3 is 2.42 bits per heavy atom. The van der Waals surface area contributed by atoms with E-state index in [2.05, 4.69) is 16.8 Å². The average molecular weight is 546 g/mol. The van der Waals surface area contributed by atoms with Gasteiger partial charge in [0.05, 0.1) is 11.2 Å². The molecule has 3 saturated carbocycles. The normalized spacial score (nSPS) is 31.9. The molecule has 0 N–H and O–H groups in total. The van der Waals surface area contributed by atoms with Crippen molar-refractivity contribution in [1.29, 1.82) is 0 Å². The highest BCUT2D eigenvalue weighted by atomic mass is 32.2. The zero-order valence-electron chi connectivity index (χ0n) is 23.1. The van der Waals surface area contributed by atoms with E-state index < -0.39 is 32.8 Å². The molecule has 4 aliphatic rings. The van der Waals surface area contributed by atoms with Gasteiger partial charge in [0.1, 0.15) is 5.78 Å². The van der Waals surface area contributed by atoms with Gasteiger partial charge < -0.3 is 9.08 Å². The van der Waals surface area contributed by atoms with Crippen molar-refractivity contribution in [1.82, 2.24) is 14.7 Å². The van der Waals surface area contributed by atoms with Crippen LogP contribution in [0.15, 0.2) is 30.3 Å².